The van der Waals surface area contributed by atoms with Crippen molar-refractivity contribution in [3.8, 4) is 0 Å². The number of carbonyl (C=O) groups is 1. The number of allylic oxidation sites excluding steroid dienone is 7. The third-order valence-corrected chi connectivity index (χ3v) is 7.66. The van der Waals surface area contributed by atoms with Crippen LogP contribution in [0.4, 0.5) is 0 Å². The number of rotatable bonds is 13. The number of morpholine rings is 1. The lowest BCUT2D eigenvalue weighted by Crippen LogP contribution is -2.35. The summed E-state index contributed by atoms with van der Waals surface area (Å²) in [7, 11) is 0. The van der Waals surface area contributed by atoms with Gasteiger partial charge in [-0.25, -0.2) is 0 Å². The lowest BCUT2D eigenvalue weighted by molar-refractivity contribution is 0.0342. The molecule has 1 aliphatic heterocycles. The van der Waals surface area contributed by atoms with E-state index in [4.69, 9.17) is 4.74 Å². The predicted octanol–water partition coefficient (Wildman–Crippen LogP) is 8.44. The molecule has 0 spiro atoms. The van der Waals surface area contributed by atoms with E-state index in [1.54, 1.807) is 17.4 Å². The number of ether oxygens (including phenoxy) is 1. The fraction of sp³-hybridized carbons (Fsp3) is 0.424. The number of nitrogens with zero attached hydrogens (tertiary/aromatic N) is 1. The molecule has 0 atom stereocenters. The third kappa shape index (κ3) is 10.8. The molecule has 1 aromatic heterocycles. The molecule has 0 N–H and O–H groups in total. The van der Waals surface area contributed by atoms with Crippen molar-refractivity contribution in [3.63, 3.8) is 0 Å². The van der Waals surface area contributed by atoms with E-state index in [2.05, 4.69) is 74.4 Å². The zero-order chi connectivity index (χ0) is 26.5. The van der Waals surface area contributed by atoms with Gasteiger partial charge in [-0.15, -0.1) is 11.3 Å². The Morgan fingerprint density at radius 3 is 2.30 bits per heavy atom. The Labute approximate surface area is 228 Å². The van der Waals surface area contributed by atoms with E-state index in [-0.39, 0.29) is 5.78 Å². The van der Waals surface area contributed by atoms with Gasteiger partial charge in [-0.2, -0.15) is 0 Å². The molecule has 3 rings (SSSR count). The maximum atomic E-state index is 12.8. The molecule has 1 aliphatic rings. The van der Waals surface area contributed by atoms with Gasteiger partial charge < -0.3 is 4.74 Å². The van der Waals surface area contributed by atoms with E-state index in [0.717, 1.165) is 76.1 Å². The van der Waals surface area contributed by atoms with Crippen LogP contribution >= 0.6 is 11.3 Å². The van der Waals surface area contributed by atoms with Crippen molar-refractivity contribution >= 4 is 23.2 Å². The standard InChI is InChI=1S/C33H43NO2S/c1-26(2)7-5-8-27(3)9-6-10-28(4)11-18-33-31(19-24-37-33)16-17-32(35)30-14-12-29(13-15-30)25-34-20-22-36-23-21-34/h7,9,11-17,19,24H,5-6,8,10,18,20-23,25H2,1-4H3/b17-16+,27-9?,28-11?. The number of benzene rings is 1. The Hall–Kier alpha value is -2.53. The first kappa shape index (κ1) is 29.0. The lowest BCUT2D eigenvalue weighted by atomic mass is 10.0. The zero-order valence-electron chi connectivity index (χ0n) is 23.1. The van der Waals surface area contributed by atoms with Crippen LogP contribution < -0.4 is 0 Å². The van der Waals surface area contributed by atoms with E-state index >= 15 is 0 Å². The van der Waals surface area contributed by atoms with Gasteiger partial charge in [0.05, 0.1) is 13.2 Å². The summed E-state index contributed by atoms with van der Waals surface area (Å²) in [5.74, 6) is 0.0496. The zero-order valence-corrected chi connectivity index (χ0v) is 23.9. The van der Waals surface area contributed by atoms with Crippen molar-refractivity contribution in [2.24, 2.45) is 0 Å². The Morgan fingerprint density at radius 1 is 0.919 bits per heavy atom. The second-order valence-electron chi connectivity index (χ2n) is 10.2. The van der Waals surface area contributed by atoms with Crippen LogP contribution in [0.2, 0.25) is 0 Å². The Morgan fingerprint density at radius 2 is 1.59 bits per heavy atom. The predicted molar refractivity (Wildman–Crippen MR) is 159 cm³/mol. The Bertz CT molecular complexity index is 1110. The smallest absolute Gasteiger partial charge is 0.185 e. The van der Waals surface area contributed by atoms with E-state index in [1.165, 1.54) is 27.2 Å². The summed E-state index contributed by atoms with van der Waals surface area (Å²) in [6.45, 7) is 13.2. The molecule has 4 heteroatoms. The molecule has 1 fully saturated rings. The first-order valence-electron chi connectivity index (χ1n) is 13.5. The number of carbonyl (C=O) groups excluding carboxylic acids is 1. The van der Waals surface area contributed by atoms with Crippen molar-refractivity contribution in [3.05, 3.63) is 98.3 Å². The fourth-order valence-electron chi connectivity index (χ4n) is 4.32. The Kier molecular flexibility index (Phi) is 12.3. The first-order chi connectivity index (χ1) is 17.9. The second kappa shape index (κ2) is 15.7. The molecule has 198 valence electrons. The van der Waals surface area contributed by atoms with Gasteiger partial charge in [-0.1, -0.05) is 59.2 Å². The van der Waals surface area contributed by atoms with E-state index < -0.39 is 0 Å². The normalized spacial score (nSPS) is 15.4. The molecular formula is C33H43NO2S. The van der Waals surface area contributed by atoms with Gasteiger partial charge in [0, 0.05) is 36.5 Å². The van der Waals surface area contributed by atoms with E-state index in [1.807, 2.05) is 18.2 Å². The average molecular weight is 518 g/mol. The quantitative estimate of drug-likeness (QED) is 0.152. The minimum atomic E-state index is 0.0496. The van der Waals surface area contributed by atoms with Gasteiger partial charge in [0.1, 0.15) is 0 Å². The topological polar surface area (TPSA) is 29.5 Å². The number of ketones is 1. The number of hydrogen-bond acceptors (Lipinski definition) is 4. The van der Waals surface area contributed by atoms with Gasteiger partial charge in [0.15, 0.2) is 5.78 Å². The van der Waals surface area contributed by atoms with Crippen LogP contribution in [0, 0.1) is 0 Å². The van der Waals surface area contributed by atoms with Crippen molar-refractivity contribution in [2.45, 2.75) is 66.3 Å². The van der Waals surface area contributed by atoms with Gasteiger partial charge in [0.25, 0.3) is 0 Å². The van der Waals surface area contributed by atoms with Crippen LogP contribution in [0.1, 0.15) is 79.7 Å². The van der Waals surface area contributed by atoms with E-state index in [9.17, 15) is 4.79 Å². The van der Waals surface area contributed by atoms with Gasteiger partial charge in [-0.05, 0) is 88.1 Å². The van der Waals surface area contributed by atoms with Gasteiger partial charge >= 0.3 is 0 Å². The second-order valence-corrected chi connectivity index (χ2v) is 11.2. The molecule has 1 aromatic carbocycles. The molecule has 0 unspecified atom stereocenters. The highest BCUT2D eigenvalue weighted by molar-refractivity contribution is 7.10. The minimum absolute atomic E-state index is 0.0496. The van der Waals surface area contributed by atoms with Crippen LogP contribution in [-0.4, -0.2) is 37.0 Å². The summed E-state index contributed by atoms with van der Waals surface area (Å²) in [6, 6.07) is 10.1. The molecule has 37 heavy (non-hydrogen) atoms. The summed E-state index contributed by atoms with van der Waals surface area (Å²) in [5.41, 5.74) is 7.41. The van der Waals surface area contributed by atoms with Crippen LogP contribution in [-0.2, 0) is 17.7 Å². The summed E-state index contributed by atoms with van der Waals surface area (Å²) >= 11 is 1.76. The maximum absolute atomic E-state index is 12.8. The maximum Gasteiger partial charge on any atom is 0.185 e. The van der Waals surface area contributed by atoms with Crippen LogP contribution in [0.5, 0.6) is 0 Å². The molecule has 0 radical (unpaired) electrons. The van der Waals surface area contributed by atoms with E-state index in [0.29, 0.717) is 0 Å². The first-order valence-corrected chi connectivity index (χ1v) is 14.4. The molecule has 2 heterocycles. The minimum Gasteiger partial charge on any atom is -0.379 e. The highest BCUT2D eigenvalue weighted by Crippen LogP contribution is 2.21. The van der Waals surface area contributed by atoms with Gasteiger partial charge in [-0.3, -0.25) is 9.69 Å². The fourth-order valence-corrected chi connectivity index (χ4v) is 5.15. The molecule has 0 bridgehead atoms. The van der Waals surface area contributed by atoms with Crippen molar-refractivity contribution < 1.29 is 9.53 Å². The van der Waals surface area contributed by atoms with Crippen LogP contribution in [0.15, 0.2) is 76.7 Å². The highest BCUT2D eigenvalue weighted by Gasteiger charge is 2.11. The highest BCUT2D eigenvalue weighted by atomic mass is 32.1. The lowest BCUT2D eigenvalue weighted by Gasteiger charge is -2.26. The van der Waals surface area contributed by atoms with Gasteiger partial charge in [0.2, 0.25) is 0 Å². The molecule has 0 aliphatic carbocycles. The molecule has 2 aromatic rings. The molecule has 3 nitrogen and oxygen atoms in total. The largest absolute Gasteiger partial charge is 0.379 e. The third-order valence-electron chi connectivity index (χ3n) is 6.70. The Balaban J connectivity index is 1.47. The summed E-state index contributed by atoms with van der Waals surface area (Å²) in [4.78, 5) is 16.5. The number of hydrogen-bond donors (Lipinski definition) is 0. The molecule has 0 saturated carbocycles. The van der Waals surface area contributed by atoms with Crippen LogP contribution in [0.3, 0.4) is 0 Å². The molecule has 0 amide bonds. The van der Waals surface area contributed by atoms with Crippen molar-refractivity contribution in [1.82, 2.24) is 4.90 Å². The summed E-state index contributed by atoms with van der Waals surface area (Å²) in [5, 5.41) is 2.11. The molecular weight excluding hydrogens is 474 g/mol. The SMILES string of the molecule is CC(C)=CCCC(C)=CCCC(C)=CCc1sccc1/C=C/C(=O)c1ccc(CN2CCOCC2)cc1. The monoisotopic (exact) mass is 517 g/mol. The summed E-state index contributed by atoms with van der Waals surface area (Å²) < 4.78 is 5.42. The van der Waals surface area contributed by atoms with Crippen molar-refractivity contribution in [2.75, 3.05) is 26.3 Å². The van der Waals surface area contributed by atoms with Crippen LogP contribution in [0.25, 0.3) is 6.08 Å². The average Bonchev–Trinajstić information content (AvgIpc) is 3.34. The van der Waals surface area contributed by atoms with Crippen molar-refractivity contribution in [1.29, 1.82) is 0 Å². The number of thiophene rings is 1. The summed E-state index contributed by atoms with van der Waals surface area (Å²) in [6.07, 6.45) is 16.1. The molecule has 1 saturated heterocycles.